The van der Waals surface area contributed by atoms with Crippen molar-refractivity contribution in [3.63, 3.8) is 0 Å². The topological polar surface area (TPSA) is 70.9 Å². The van der Waals surface area contributed by atoms with Crippen LogP contribution >= 0.6 is 11.8 Å². The highest BCUT2D eigenvalue weighted by molar-refractivity contribution is 8.00. The van der Waals surface area contributed by atoms with Crippen molar-refractivity contribution in [1.29, 1.82) is 0 Å². The average Bonchev–Trinajstić information content (AvgIpc) is 2.77. The van der Waals surface area contributed by atoms with E-state index in [1.807, 2.05) is 38.1 Å². The molecule has 0 saturated heterocycles. The first-order valence-electron chi connectivity index (χ1n) is 5.86. The van der Waals surface area contributed by atoms with Crippen molar-refractivity contribution in [2.75, 3.05) is 0 Å². The van der Waals surface area contributed by atoms with E-state index in [-0.39, 0.29) is 17.1 Å². The molecule has 1 aromatic carbocycles. The molecule has 0 bridgehead atoms. The molecule has 2 rings (SSSR count). The lowest BCUT2D eigenvalue weighted by atomic mass is 10.1. The molecule has 5 heteroatoms. The number of nitrogens with two attached hydrogens (primary N) is 1. The van der Waals surface area contributed by atoms with Crippen LogP contribution in [-0.4, -0.2) is 16.1 Å². The van der Waals surface area contributed by atoms with Gasteiger partial charge in [-0.3, -0.25) is 10.2 Å². The Morgan fingerprint density at radius 1 is 1.39 bits per heavy atom. The highest BCUT2D eigenvalue weighted by Crippen LogP contribution is 2.30. The van der Waals surface area contributed by atoms with Gasteiger partial charge in [-0.05, 0) is 18.1 Å². The number of hydrogen-bond donors (Lipinski definition) is 3. The molecule has 18 heavy (non-hydrogen) atoms. The molecular weight excluding hydrogens is 246 g/mol. The van der Waals surface area contributed by atoms with Crippen LogP contribution < -0.4 is 11.3 Å². The molecule has 0 saturated carbocycles. The number of thioether (sulfide) groups is 1. The fraction of sp³-hybridized carbons (Fsp3) is 0.308. The van der Waals surface area contributed by atoms with Gasteiger partial charge in [-0.1, -0.05) is 43.8 Å². The van der Waals surface area contributed by atoms with Crippen LogP contribution in [-0.2, 0) is 4.79 Å². The minimum Gasteiger partial charge on any atom is -0.350 e. The van der Waals surface area contributed by atoms with Crippen LogP contribution in [0.3, 0.4) is 0 Å². The predicted octanol–water partition coefficient (Wildman–Crippen LogP) is 2.27. The van der Waals surface area contributed by atoms with Crippen LogP contribution in [0.4, 0.5) is 0 Å². The minimum absolute atomic E-state index is 0.145. The predicted molar refractivity (Wildman–Crippen MR) is 75.1 cm³/mol. The summed E-state index contributed by atoms with van der Waals surface area (Å²) in [6.45, 7) is 4.02. The summed E-state index contributed by atoms with van der Waals surface area (Å²) in [5.74, 6) is 5.28. The Morgan fingerprint density at radius 3 is 2.72 bits per heavy atom. The summed E-state index contributed by atoms with van der Waals surface area (Å²) in [5.41, 5.74) is 3.31. The second kappa shape index (κ2) is 5.46. The minimum atomic E-state index is -0.192. The van der Waals surface area contributed by atoms with E-state index in [1.54, 1.807) is 0 Å². The molecule has 1 aromatic heterocycles. The molecule has 96 valence electrons. The van der Waals surface area contributed by atoms with Crippen LogP contribution in [0.1, 0.15) is 13.8 Å². The Kier molecular flexibility index (Phi) is 3.93. The van der Waals surface area contributed by atoms with Crippen molar-refractivity contribution in [2.45, 2.75) is 24.1 Å². The Bertz CT molecular complexity index is 517. The SMILES string of the molecule is CC(C)C(Sc1cc2ccccc2[nH]1)C(=O)NN. The zero-order chi connectivity index (χ0) is 13.1. The molecule has 0 aliphatic carbocycles. The third-order valence-corrected chi connectivity index (χ3v) is 4.25. The number of aromatic nitrogens is 1. The number of rotatable bonds is 4. The van der Waals surface area contributed by atoms with Crippen molar-refractivity contribution in [3.8, 4) is 0 Å². The van der Waals surface area contributed by atoms with Gasteiger partial charge in [0.1, 0.15) is 0 Å². The van der Waals surface area contributed by atoms with Crippen LogP contribution in [0, 0.1) is 5.92 Å². The number of hydrogen-bond acceptors (Lipinski definition) is 3. The van der Waals surface area contributed by atoms with Crippen molar-refractivity contribution in [1.82, 2.24) is 10.4 Å². The first-order valence-corrected chi connectivity index (χ1v) is 6.74. The van der Waals surface area contributed by atoms with Gasteiger partial charge in [0.15, 0.2) is 0 Å². The van der Waals surface area contributed by atoms with Crippen molar-refractivity contribution in [2.24, 2.45) is 11.8 Å². The lowest BCUT2D eigenvalue weighted by Crippen LogP contribution is -2.39. The maximum atomic E-state index is 11.7. The Balaban J connectivity index is 2.23. The van der Waals surface area contributed by atoms with E-state index >= 15 is 0 Å². The van der Waals surface area contributed by atoms with Crippen LogP contribution in [0.15, 0.2) is 35.4 Å². The summed E-state index contributed by atoms with van der Waals surface area (Å²) in [6.07, 6.45) is 0. The van der Waals surface area contributed by atoms with Gasteiger partial charge in [0.05, 0.1) is 10.3 Å². The van der Waals surface area contributed by atoms with Crippen molar-refractivity contribution < 1.29 is 4.79 Å². The van der Waals surface area contributed by atoms with E-state index in [2.05, 4.69) is 16.5 Å². The number of hydrazine groups is 1. The van der Waals surface area contributed by atoms with Gasteiger partial charge < -0.3 is 4.98 Å². The molecule has 2 aromatic rings. The fourth-order valence-electron chi connectivity index (χ4n) is 1.82. The first-order chi connectivity index (χ1) is 8.61. The van der Waals surface area contributed by atoms with E-state index in [0.717, 1.165) is 15.9 Å². The number of nitrogens with one attached hydrogen (secondary N) is 2. The third kappa shape index (κ3) is 2.68. The van der Waals surface area contributed by atoms with Crippen LogP contribution in [0.25, 0.3) is 10.9 Å². The van der Waals surface area contributed by atoms with Crippen molar-refractivity contribution in [3.05, 3.63) is 30.3 Å². The standard InChI is InChI=1S/C13H17N3OS/c1-8(2)12(13(17)16-14)18-11-7-9-5-3-4-6-10(9)15-11/h3-8,12,15H,14H2,1-2H3,(H,16,17). The molecular formula is C13H17N3OS. The lowest BCUT2D eigenvalue weighted by molar-refractivity contribution is -0.121. The summed E-state index contributed by atoms with van der Waals surface area (Å²) in [6, 6.07) is 10.1. The maximum absolute atomic E-state index is 11.7. The first kappa shape index (κ1) is 13.0. The number of amides is 1. The summed E-state index contributed by atoms with van der Waals surface area (Å²) in [4.78, 5) is 15.0. The van der Waals surface area contributed by atoms with Gasteiger partial charge in [-0.2, -0.15) is 0 Å². The number of H-pyrrole nitrogens is 1. The molecule has 1 heterocycles. The quantitative estimate of drug-likeness (QED) is 0.343. The molecule has 1 unspecified atom stereocenters. The van der Waals surface area contributed by atoms with Gasteiger partial charge in [-0.15, -0.1) is 0 Å². The number of fused-ring (bicyclic) bond motifs is 1. The van der Waals surface area contributed by atoms with Gasteiger partial charge in [0.2, 0.25) is 5.91 Å². The molecule has 0 radical (unpaired) electrons. The van der Waals surface area contributed by atoms with E-state index in [4.69, 9.17) is 5.84 Å². The largest absolute Gasteiger partial charge is 0.350 e. The number of aromatic amines is 1. The lowest BCUT2D eigenvalue weighted by Gasteiger charge is -2.17. The molecule has 0 aliphatic rings. The Morgan fingerprint density at radius 2 is 2.11 bits per heavy atom. The van der Waals surface area contributed by atoms with E-state index in [0.29, 0.717) is 0 Å². The molecule has 1 amide bonds. The van der Waals surface area contributed by atoms with Crippen molar-refractivity contribution >= 4 is 28.6 Å². The molecule has 1 atom stereocenters. The van der Waals surface area contributed by atoms with Crippen LogP contribution in [0.5, 0.6) is 0 Å². The fourth-order valence-corrected chi connectivity index (χ4v) is 2.91. The summed E-state index contributed by atoms with van der Waals surface area (Å²) >= 11 is 1.51. The summed E-state index contributed by atoms with van der Waals surface area (Å²) in [5, 5.41) is 1.94. The number of carbonyl (C=O) groups excluding carboxylic acids is 1. The second-order valence-corrected chi connectivity index (χ2v) is 5.70. The smallest absolute Gasteiger partial charge is 0.247 e. The maximum Gasteiger partial charge on any atom is 0.247 e. The molecule has 4 nitrogen and oxygen atoms in total. The molecule has 4 N–H and O–H groups in total. The number of benzene rings is 1. The van der Waals surface area contributed by atoms with E-state index in [1.165, 1.54) is 11.8 Å². The zero-order valence-electron chi connectivity index (χ0n) is 10.4. The zero-order valence-corrected chi connectivity index (χ0v) is 11.3. The average molecular weight is 263 g/mol. The Hall–Kier alpha value is -1.46. The summed E-state index contributed by atoms with van der Waals surface area (Å²) < 4.78 is 0. The van der Waals surface area contributed by atoms with Gasteiger partial charge >= 0.3 is 0 Å². The highest BCUT2D eigenvalue weighted by atomic mass is 32.2. The van der Waals surface area contributed by atoms with E-state index < -0.39 is 0 Å². The molecule has 0 fully saturated rings. The monoisotopic (exact) mass is 263 g/mol. The third-order valence-electron chi connectivity index (χ3n) is 2.77. The van der Waals surface area contributed by atoms with Gasteiger partial charge in [0.25, 0.3) is 0 Å². The molecule has 0 spiro atoms. The summed E-state index contributed by atoms with van der Waals surface area (Å²) in [7, 11) is 0. The van der Waals surface area contributed by atoms with E-state index in [9.17, 15) is 4.79 Å². The number of para-hydroxylation sites is 1. The normalized spacial score (nSPS) is 12.9. The van der Waals surface area contributed by atoms with Gasteiger partial charge in [0, 0.05) is 10.9 Å². The Labute approximate surface area is 110 Å². The van der Waals surface area contributed by atoms with Gasteiger partial charge in [-0.25, -0.2) is 5.84 Å². The van der Waals surface area contributed by atoms with Crippen LogP contribution in [0.2, 0.25) is 0 Å². The highest BCUT2D eigenvalue weighted by Gasteiger charge is 2.23. The second-order valence-electron chi connectivity index (χ2n) is 4.51. The number of carbonyl (C=O) groups is 1. The molecule has 0 aliphatic heterocycles.